The largest absolute Gasteiger partial charge is 0.497 e. The molecule has 0 bridgehead atoms. The third kappa shape index (κ3) is 6.92. The molecule has 4 rings (SSSR count). The molecular weight excluding hydrogens is 484 g/mol. The molecule has 0 aliphatic carbocycles. The summed E-state index contributed by atoms with van der Waals surface area (Å²) in [5.74, 6) is 2.72. The fourth-order valence-electron chi connectivity index (χ4n) is 4.59. The number of methoxy groups -OCH3 is 3. The maximum atomic E-state index is 13.5. The van der Waals surface area contributed by atoms with Crippen molar-refractivity contribution in [2.24, 2.45) is 5.92 Å². The molecule has 1 saturated heterocycles. The van der Waals surface area contributed by atoms with Gasteiger partial charge in [0.15, 0.2) is 5.82 Å². The summed E-state index contributed by atoms with van der Waals surface area (Å²) in [6.07, 6.45) is 1.55. The van der Waals surface area contributed by atoms with E-state index in [-0.39, 0.29) is 11.8 Å². The molecule has 0 radical (unpaired) electrons. The van der Waals surface area contributed by atoms with Crippen LogP contribution in [0.2, 0.25) is 0 Å². The van der Waals surface area contributed by atoms with Crippen molar-refractivity contribution >= 4 is 5.91 Å². The summed E-state index contributed by atoms with van der Waals surface area (Å²) in [5.41, 5.74) is 1.97. The van der Waals surface area contributed by atoms with E-state index in [9.17, 15) is 4.79 Å². The van der Waals surface area contributed by atoms with E-state index in [0.717, 1.165) is 55.1 Å². The van der Waals surface area contributed by atoms with Crippen LogP contribution in [0.1, 0.15) is 35.8 Å². The van der Waals surface area contributed by atoms with E-state index in [1.807, 2.05) is 55.5 Å². The third-order valence-electron chi connectivity index (χ3n) is 6.85. The minimum absolute atomic E-state index is 0.00206. The molecule has 9 nitrogen and oxygen atoms in total. The summed E-state index contributed by atoms with van der Waals surface area (Å²) < 4.78 is 21.8. The Morgan fingerprint density at radius 1 is 0.947 bits per heavy atom. The van der Waals surface area contributed by atoms with Crippen LogP contribution >= 0.6 is 0 Å². The van der Waals surface area contributed by atoms with Crippen molar-refractivity contribution in [2.45, 2.75) is 25.8 Å². The molecule has 202 valence electrons. The number of ether oxygens (including phenoxy) is 4. The third-order valence-corrected chi connectivity index (χ3v) is 6.85. The van der Waals surface area contributed by atoms with Crippen molar-refractivity contribution in [1.82, 2.24) is 20.2 Å². The molecule has 2 aromatic carbocycles. The Hall–Kier alpha value is -3.85. The van der Waals surface area contributed by atoms with E-state index in [2.05, 4.69) is 20.2 Å². The van der Waals surface area contributed by atoms with E-state index >= 15 is 0 Å². The van der Waals surface area contributed by atoms with Gasteiger partial charge in [0.2, 0.25) is 17.7 Å². The topological polar surface area (TPSA) is 95.0 Å². The highest BCUT2D eigenvalue weighted by Gasteiger charge is 2.29. The van der Waals surface area contributed by atoms with Gasteiger partial charge in [-0.15, -0.1) is 0 Å². The van der Waals surface area contributed by atoms with Crippen LogP contribution in [0, 0.1) is 12.8 Å². The highest BCUT2D eigenvalue weighted by atomic mass is 16.5. The van der Waals surface area contributed by atoms with Crippen LogP contribution in [0.3, 0.4) is 0 Å². The number of amides is 1. The molecule has 1 amide bonds. The number of likely N-dealkylation sites (tertiary alicyclic amines) is 1. The average molecular weight is 521 g/mol. The Balaban J connectivity index is 1.37. The summed E-state index contributed by atoms with van der Waals surface area (Å²) in [5, 5.41) is 3.22. The van der Waals surface area contributed by atoms with Crippen LogP contribution in [-0.2, 0) is 4.79 Å². The summed E-state index contributed by atoms with van der Waals surface area (Å²) >= 11 is 0. The van der Waals surface area contributed by atoms with Crippen molar-refractivity contribution in [1.29, 1.82) is 0 Å². The number of hydrogen-bond donors (Lipinski definition) is 1. The number of nitrogens with one attached hydrogen (secondary N) is 1. The van der Waals surface area contributed by atoms with Gasteiger partial charge in [0, 0.05) is 12.5 Å². The van der Waals surface area contributed by atoms with Crippen LogP contribution in [0.4, 0.5) is 0 Å². The maximum absolute atomic E-state index is 13.5. The molecule has 1 aliphatic rings. The molecule has 1 fully saturated rings. The highest BCUT2D eigenvalue weighted by Crippen LogP contribution is 2.28. The number of benzene rings is 2. The molecular formula is C29H36N4O5. The molecule has 2 heterocycles. The molecule has 0 saturated carbocycles. The Kier molecular flexibility index (Phi) is 9.37. The SMILES string of the molecule is COc1ccc(OCCN2CCC(C(=O)NC(c3nc(OC)cc(OC)n3)c3ccccc3C)CC2)cc1. The molecule has 1 atom stereocenters. The van der Waals surface area contributed by atoms with Crippen LogP contribution in [-0.4, -0.2) is 68.3 Å². The molecule has 38 heavy (non-hydrogen) atoms. The van der Waals surface area contributed by atoms with Crippen LogP contribution in [0.25, 0.3) is 0 Å². The Morgan fingerprint density at radius 3 is 2.18 bits per heavy atom. The first-order chi connectivity index (χ1) is 18.5. The van der Waals surface area contributed by atoms with Gasteiger partial charge in [-0.25, -0.2) is 0 Å². The van der Waals surface area contributed by atoms with Gasteiger partial charge < -0.3 is 24.3 Å². The van der Waals surface area contributed by atoms with Crippen molar-refractivity contribution in [3.8, 4) is 23.3 Å². The van der Waals surface area contributed by atoms with Gasteiger partial charge in [-0.2, -0.15) is 9.97 Å². The molecule has 9 heteroatoms. The van der Waals surface area contributed by atoms with E-state index in [4.69, 9.17) is 18.9 Å². The fraction of sp³-hybridized carbons (Fsp3) is 0.414. The first kappa shape index (κ1) is 27.2. The number of carbonyl (C=O) groups excluding carboxylic acids is 1. The predicted molar refractivity (Wildman–Crippen MR) is 144 cm³/mol. The summed E-state index contributed by atoms with van der Waals surface area (Å²) in [6, 6.07) is 16.6. The lowest BCUT2D eigenvalue weighted by Gasteiger charge is -2.32. The fourth-order valence-corrected chi connectivity index (χ4v) is 4.59. The second-order valence-electron chi connectivity index (χ2n) is 9.25. The zero-order valence-electron chi connectivity index (χ0n) is 22.5. The zero-order valence-corrected chi connectivity index (χ0v) is 22.5. The number of piperidine rings is 1. The lowest BCUT2D eigenvalue weighted by atomic mass is 9.94. The van der Waals surface area contributed by atoms with Crippen molar-refractivity contribution in [2.75, 3.05) is 47.6 Å². The minimum Gasteiger partial charge on any atom is -0.497 e. The first-order valence-electron chi connectivity index (χ1n) is 12.8. The predicted octanol–water partition coefficient (Wildman–Crippen LogP) is 3.81. The average Bonchev–Trinajstić information content (AvgIpc) is 2.96. The normalized spacial score (nSPS) is 14.9. The van der Waals surface area contributed by atoms with E-state index in [0.29, 0.717) is 24.2 Å². The quantitative estimate of drug-likeness (QED) is 0.408. The van der Waals surface area contributed by atoms with E-state index in [1.54, 1.807) is 27.4 Å². The number of hydrogen-bond acceptors (Lipinski definition) is 8. The van der Waals surface area contributed by atoms with E-state index < -0.39 is 6.04 Å². The Labute approximate surface area is 224 Å². The smallest absolute Gasteiger partial charge is 0.224 e. The van der Waals surface area contributed by atoms with Gasteiger partial charge in [-0.1, -0.05) is 24.3 Å². The number of carbonyl (C=O) groups is 1. The number of rotatable bonds is 11. The van der Waals surface area contributed by atoms with Gasteiger partial charge in [0.25, 0.3) is 0 Å². The van der Waals surface area contributed by atoms with Crippen LogP contribution in [0.15, 0.2) is 54.6 Å². The lowest BCUT2D eigenvalue weighted by Crippen LogP contribution is -2.43. The molecule has 1 aliphatic heterocycles. The molecule has 1 N–H and O–H groups in total. The number of aryl methyl sites for hydroxylation is 1. The maximum Gasteiger partial charge on any atom is 0.224 e. The van der Waals surface area contributed by atoms with Crippen LogP contribution in [0.5, 0.6) is 23.3 Å². The summed E-state index contributed by atoms with van der Waals surface area (Å²) in [7, 11) is 4.73. The second kappa shape index (κ2) is 13.1. The van der Waals surface area contributed by atoms with E-state index in [1.165, 1.54) is 0 Å². The van der Waals surface area contributed by atoms with Crippen LogP contribution < -0.4 is 24.3 Å². The standard InChI is InChI=1S/C29H36N4O5/c1-20-7-5-6-8-24(20)27(28-30-25(36-3)19-26(31-28)37-4)32-29(34)21-13-15-33(16-14-21)17-18-38-23-11-9-22(35-2)10-12-23/h5-12,19,21,27H,13-18H2,1-4H3,(H,32,34). The van der Waals surface area contributed by atoms with Gasteiger partial charge in [0.05, 0.1) is 27.4 Å². The Morgan fingerprint density at radius 2 is 1.58 bits per heavy atom. The van der Waals surface area contributed by atoms with Gasteiger partial charge in [-0.3, -0.25) is 9.69 Å². The molecule has 0 spiro atoms. The van der Waals surface area contributed by atoms with Crippen molar-refractivity contribution in [3.05, 3.63) is 71.5 Å². The molecule has 3 aromatic rings. The van der Waals surface area contributed by atoms with Crippen molar-refractivity contribution in [3.63, 3.8) is 0 Å². The second-order valence-corrected chi connectivity index (χ2v) is 9.25. The van der Waals surface area contributed by atoms with Crippen molar-refractivity contribution < 1.29 is 23.7 Å². The first-order valence-corrected chi connectivity index (χ1v) is 12.8. The minimum atomic E-state index is -0.524. The molecule has 1 aromatic heterocycles. The number of aromatic nitrogens is 2. The zero-order chi connectivity index (χ0) is 26.9. The van der Waals surface area contributed by atoms with Gasteiger partial charge in [0.1, 0.15) is 24.1 Å². The summed E-state index contributed by atoms with van der Waals surface area (Å²) in [4.78, 5) is 24.9. The molecule has 1 unspecified atom stereocenters. The van der Waals surface area contributed by atoms with Gasteiger partial charge in [-0.05, 0) is 68.2 Å². The summed E-state index contributed by atoms with van der Waals surface area (Å²) in [6.45, 7) is 5.08. The Bertz CT molecular complexity index is 1170. The number of nitrogens with zero attached hydrogens (tertiary/aromatic N) is 3. The lowest BCUT2D eigenvalue weighted by molar-refractivity contribution is -0.127. The monoisotopic (exact) mass is 520 g/mol. The van der Waals surface area contributed by atoms with Gasteiger partial charge >= 0.3 is 0 Å². The highest BCUT2D eigenvalue weighted by molar-refractivity contribution is 5.79.